The van der Waals surface area contributed by atoms with Crippen LogP contribution in [-0.2, 0) is 4.74 Å². The summed E-state index contributed by atoms with van der Waals surface area (Å²) in [5.74, 6) is 0.902. The first kappa shape index (κ1) is 27.6. The minimum atomic E-state index is -0.786. The number of hydrogen-bond donors (Lipinski definition) is 4. The summed E-state index contributed by atoms with van der Waals surface area (Å²) in [6, 6.07) is 0. The molecule has 4 N–H and O–H groups in total. The topological polar surface area (TPSA) is 90.2 Å². The molecule has 3 aliphatic carbocycles. The quantitative estimate of drug-likeness (QED) is 0.415. The van der Waals surface area contributed by atoms with E-state index in [4.69, 9.17) is 4.74 Å². The van der Waals surface area contributed by atoms with E-state index in [1.165, 1.54) is 0 Å². The normalized spacial score (nSPS) is 49.4. The van der Waals surface area contributed by atoms with Crippen molar-refractivity contribution in [2.24, 2.45) is 34.5 Å². The van der Waals surface area contributed by atoms with E-state index in [1.54, 1.807) is 0 Å². The Bertz CT molecular complexity index is 812. The van der Waals surface area contributed by atoms with Gasteiger partial charge in [0.25, 0.3) is 0 Å². The van der Waals surface area contributed by atoms with Crippen molar-refractivity contribution in [3.05, 3.63) is 11.6 Å². The number of rotatable bonds is 4. The van der Waals surface area contributed by atoms with Crippen LogP contribution in [0.4, 0.5) is 0 Å². The summed E-state index contributed by atoms with van der Waals surface area (Å²) < 4.78 is 6.58. The first-order valence-electron chi connectivity index (χ1n) is 14.2. The lowest BCUT2D eigenvalue weighted by atomic mass is 9.55. The number of ether oxygens (including phenoxy) is 1. The average Bonchev–Trinajstić information content (AvgIpc) is 2.96. The van der Waals surface area contributed by atoms with E-state index < -0.39 is 22.9 Å². The van der Waals surface area contributed by atoms with E-state index in [9.17, 15) is 20.4 Å². The zero-order valence-corrected chi connectivity index (χ0v) is 23.3. The fraction of sp³-hybridized carbons (Fsp3) is 0.933. The number of aliphatic hydroxyl groups excluding tert-OH is 2. The molecule has 5 nitrogen and oxygen atoms in total. The fourth-order valence-corrected chi connectivity index (χ4v) is 9.07. The SMILES string of the molecule is CC1(C)C(CC[C@@H]2[C@@]3(C)CC[C@@H](O)C(C)(C)O[C@@H]3CC[C@]2(C)O)C(CO)=CCC2C1CC[C@@]2(C)O. The van der Waals surface area contributed by atoms with Crippen molar-refractivity contribution in [3.8, 4) is 0 Å². The Labute approximate surface area is 213 Å². The molecule has 5 heteroatoms. The van der Waals surface area contributed by atoms with Gasteiger partial charge in [-0.2, -0.15) is 0 Å². The molecule has 0 radical (unpaired) electrons. The Morgan fingerprint density at radius 1 is 0.857 bits per heavy atom. The molecule has 1 saturated heterocycles. The van der Waals surface area contributed by atoms with Gasteiger partial charge in [0.1, 0.15) is 0 Å². The molecule has 4 rings (SSSR count). The van der Waals surface area contributed by atoms with Gasteiger partial charge in [-0.05, 0) is 126 Å². The van der Waals surface area contributed by atoms with Crippen molar-refractivity contribution in [3.63, 3.8) is 0 Å². The second kappa shape index (κ2) is 9.08. The van der Waals surface area contributed by atoms with Crippen LogP contribution < -0.4 is 0 Å². The molecule has 202 valence electrons. The Morgan fingerprint density at radius 3 is 2.17 bits per heavy atom. The molecule has 1 heterocycles. The Balaban J connectivity index is 1.62. The Kier molecular flexibility index (Phi) is 7.15. The van der Waals surface area contributed by atoms with Crippen molar-refractivity contribution in [2.75, 3.05) is 6.61 Å². The van der Waals surface area contributed by atoms with Crippen LogP contribution >= 0.6 is 0 Å². The van der Waals surface area contributed by atoms with Gasteiger partial charge >= 0.3 is 0 Å². The highest BCUT2D eigenvalue weighted by Crippen LogP contribution is 2.59. The highest BCUT2D eigenvalue weighted by atomic mass is 16.5. The van der Waals surface area contributed by atoms with Crippen molar-refractivity contribution >= 4 is 0 Å². The minimum Gasteiger partial charge on any atom is -0.392 e. The molecule has 35 heavy (non-hydrogen) atoms. The van der Waals surface area contributed by atoms with Gasteiger partial charge in [0.05, 0.1) is 35.6 Å². The van der Waals surface area contributed by atoms with Crippen LogP contribution in [0, 0.1) is 34.5 Å². The van der Waals surface area contributed by atoms with E-state index in [0.717, 1.165) is 50.5 Å². The maximum atomic E-state index is 11.7. The van der Waals surface area contributed by atoms with Gasteiger partial charge < -0.3 is 25.2 Å². The van der Waals surface area contributed by atoms with Crippen LogP contribution in [0.1, 0.15) is 106 Å². The van der Waals surface area contributed by atoms with Gasteiger partial charge in [0.15, 0.2) is 0 Å². The molecule has 0 bridgehead atoms. The van der Waals surface area contributed by atoms with Crippen molar-refractivity contribution in [1.82, 2.24) is 0 Å². The molecule has 4 aliphatic rings. The van der Waals surface area contributed by atoms with Crippen LogP contribution in [0.25, 0.3) is 0 Å². The molecular formula is C30H52O5. The van der Waals surface area contributed by atoms with Crippen molar-refractivity contribution in [1.29, 1.82) is 0 Å². The zero-order chi connectivity index (χ0) is 26.0. The van der Waals surface area contributed by atoms with E-state index >= 15 is 0 Å². The maximum absolute atomic E-state index is 11.7. The smallest absolute Gasteiger partial charge is 0.0888 e. The molecule has 0 aromatic rings. The largest absolute Gasteiger partial charge is 0.392 e. The van der Waals surface area contributed by atoms with E-state index in [-0.39, 0.29) is 41.3 Å². The van der Waals surface area contributed by atoms with Crippen LogP contribution in [0.5, 0.6) is 0 Å². The molecular weight excluding hydrogens is 440 g/mol. The lowest BCUT2D eigenvalue weighted by Gasteiger charge is -2.54. The third-order valence-electron chi connectivity index (χ3n) is 11.5. The summed E-state index contributed by atoms with van der Waals surface area (Å²) in [6.45, 7) is 15.0. The lowest BCUT2D eigenvalue weighted by molar-refractivity contribution is -0.206. The summed E-state index contributed by atoms with van der Waals surface area (Å²) in [7, 11) is 0. The van der Waals surface area contributed by atoms with Crippen molar-refractivity contribution < 1.29 is 25.2 Å². The van der Waals surface area contributed by atoms with Crippen molar-refractivity contribution in [2.45, 2.75) is 135 Å². The van der Waals surface area contributed by atoms with Crippen LogP contribution in [0.3, 0.4) is 0 Å². The number of allylic oxidation sites excluding steroid dienone is 1. The first-order valence-corrected chi connectivity index (χ1v) is 14.2. The second-order valence-electron chi connectivity index (χ2n) is 14.5. The second-order valence-corrected chi connectivity index (χ2v) is 14.5. The van der Waals surface area contributed by atoms with E-state index in [0.29, 0.717) is 18.8 Å². The van der Waals surface area contributed by atoms with Gasteiger partial charge in [-0.1, -0.05) is 26.8 Å². The summed E-state index contributed by atoms with van der Waals surface area (Å²) >= 11 is 0. The van der Waals surface area contributed by atoms with Gasteiger partial charge in [0.2, 0.25) is 0 Å². The third kappa shape index (κ3) is 4.67. The Morgan fingerprint density at radius 2 is 1.51 bits per heavy atom. The van der Waals surface area contributed by atoms with Crippen LogP contribution in [0.2, 0.25) is 0 Å². The highest BCUT2D eigenvalue weighted by Gasteiger charge is 2.58. The molecule has 9 atom stereocenters. The zero-order valence-electron chi connectivity index (χ0n) is 23.3. The molecule has 2 saturated carbocycles. The molecule has 3 fully saturated rings. The summed E-state index contributed by atoms with van der Waals surface area (Å²) in [4.78, 5) is 0. The number of fused-ring (bicyclic) bond motifs is 2. The van der Waals surface area contributed by atoms with Gasteiger partial charge in [0, 0.05) is 0 Å². The summed E-state index contributed by atoms with van der Waals surface area (Å²) in [5, 5.41) is 43.9. The fourth-order valence-electron chi connectivity index (χ4n) is 9.07. The van der Waals surface area contributed by atoms with Gasteiger partial charge in [-0.25, -0.2) is 0 Å². The maximum Gasteiger partial charge on any atom is 0.0888 e. The number of aliphatic hydroxyl groups is 4. The molecule has 0 spiro atoms. The Hall–Kier alpha value is -0.460. The molecule has 0 aromatic carbocycles. The first-order chi connectivity index (χ1) is 16.1. The summed E-state index contributed by atoms with van der Waals surface area (Å²) in [5.41, 5.74) is -1.17. The van der Waals surface area contributed by atoms with Crippen LogP contribution in [0.15, 0.2) is 11.6 Å². The predicted octanol–water partition coefficient (Wildman–Crippen LogP) is 4.99. The predicted molar refractivity (Wildman–Crippen MR) is 139 cm³/mol. The van der Waals surface area contributed by atoms with Gasteiger partial charge in [-0.15, -0.1) is 0 Å². The van der Waals surface area contributed by atoms with E-state index in [1.807, 2.05) is 27.7 Å². The molecule has 3 unspecified atom stereocenters. The third-order valence-corrected chi connectivity index (χ3v) is 11.5. The summed E-state index contributed by atoms with van der Waals surface area (Å²) in [6.07, 6.45) is 9.22. The number of hydrogen-bond acceptors (Lipinski definition) is 5. The average molecular weight is 493 g/mol. The lowest BCUT2D eigenvalue weighted by Crippen LogP contribution is -2.56. The minimum absolute atomic E-state index is 0.0178. The monoisotopic (exact) mass is 492 g/mol. The van der Waals surface area contributed by atoms with Crippen LogP contribution in [-0.4, -0.2) is 56.0 Å². The standard InChI is InChI=1S/C30H52O5/c1-26(2)20(19(18-31)8-9-22-21(26)12-16-29(22,6)33)10-11-23-28(5)15-13-24(32)27(3,4)35-25(28)14-17-30(23,7)34/h8,20-25,31-34H,9-18H2,1-7H3/t20?,21?,22?,23-,24-,25-,28-,29-,30+/m1/s1. The highest BCUT2D eigenvalue weighted by molar-refractivity contribution is 5.19. The molecule has 1 aliphatic heterocycles. The molecule has 0 amide bonds. The van der Waals surface area contributed by atoms with Gasteiger partial charge in [-0.3, -0.25) is 0 Å². The van der Waals surface area contributed by atoms with E-state index in [2.05, 4.69) is 26.8 Å². The molecule has 0 aromatic heterocycles.